The van der Waals surface area contributed by atoms with E-state index in [0.29, 0.717) is 26.1 Å². The van der Waals surface area contributed by atoms with Gasteiger partial charge >= 0.3 is 0 Å². The number of carbonyl (C=O) groups is 1. The van der Waals surface area contributed by atoms with E-state index in [2.05, 4.69) is 0 Å². The second-order valence-corrected chi connectivity index (χ2v) is 7.57. The fourth-order valence-electron chi connectivity index (χ4n) is 4.17. The van der Waals surface area contributed by atoms with Crippen LogP contribution in [0.25, 0.3) is 0 Å². The van der Waals surface area contributed by atoms with E-state index in [0.717, 1.165) is 35.5 Å². The molecule has 0 bridgehead atoms. The van der Waals surface area contributed by atoms with Gasteiger partial charge in [-0.2, -0.15) is 0 Å². The lowest BCUT2D eigenvalue weighted by Gasteiger charge is -2.37. The van der Waals surface area contributed by atoms with Crippen LogP contribution in [0.2, 0.25) is 0 Å². The second kappa shape index (κ2) is 10.2. The third-order valence-electron chi connectivity index (χ3n) is 5.73. The second-order valence-electron chi connectivity index (χ2n) is 7.57. The Kier molecular flexibility index (Phi) is 7.58. The summed E-state index contributed by atoms with van der Waals surface area (Å²) in [5, 5.41) is 0. The Morgan fingerprint density at radius 2 is 1.97 bits per heavy atom. The van der Waals surface area contributed by atoms with Crippen molar-refractivity contribution in [3.05, 3.63) is 59.7 Å². The first-order valence-electron chi connectivity index (χ1n) is 10.2. The Balaban J connectivity index is 0.00000256. The Bertz CT molecular complexity index is 848. The fourth-order valence-corrected chi connectivity index (χ4v) is 4.17. The van der Waals surface area contributed by atoms with Gasteiger partial charge in [0.05, 0.1) is 25.9 Å². The number of hydrogen-bond acceptors (Lipinski definition) is 5. The smallest absolute Gasteiger partial charge is 0.252 e. The molecule has 0 spiro atoms. The molecular formula is C23H29ClN2O4. The summed E-state index contributed by atoms with van der Waals surface area (Å²) in [4.78, 5) is 15.5. The van der Waals surface area contributed by atoms with Crippen molar-refractivity contribution in [3.63, 3.8) is 0 Å². The molecule has 0 radical (unpaired) electrons. The van der Waals surface area contributed by atoms with Gasteiger partial charge in [0.25, 0.3) is 5.91 Å². The first kappa shape index (κ1) is 22.4. The summed E-state index contributed by atoms with van der Waals surface area (Å²) in [5.74, 6) is 1.58. The molecule has 2 heterocycles. The van der Waals surface area contributed by atoms with E-state index in [-0.39, 0.29) is 30.5 Å². The maximum atomic E-state index is 13.6. The predicted octanol–water partition coefficient (Wildman–Crippen LogP) is 3.48. The predicted molar refractivity (Wildman–Crippen MR) is 117 cm³/mol. The molecule has 1 amide bonds. The summed E-state index contributed by atoms with van der Waals surface area (Å²) in [6, 6.07) is 15.7. The Hall–Kier alpha value is -2.28. The number of carbonyl (C=O) groups excluding carboxylic acids is 1. The minimum atomic E-state index is -0.441. The van der Waals surface area contributed by atoms with E-state index < -0.39 is 6.10 Å². The zero-order valence-electron chi connectivity index (χ0n) is 17.2. The standard InChI is InChI=1S/C23H28N2O4.ClH/c1-27-17-7-9-21-19(13-17)20(11-12-28-21)25(15-16-5-3-2-4-6-16)23(26)22-10-8-18(14-24)29-22;/h2-7,9,13,18,20,22H,8,10-12,14-15,24H2,1H3;1H/t18-,20?,22+;/m1./s1. The monoisotopic (exact) mass is 432 g/mol. The van der Waals surface area contributed by atoms with Gasteiger partial charge in [-0.1, -0.05) is 30.3 Å². The van der Waals surface area contributed by atoms with E-state index in [4.69, 9.17) is 19.9 Å². The first-order chi connectivity index (χ1) is 14.2. The van der Waals surface area contributed by atoms with Gasteiger partial charge in [0.1, 0.15) is 17.6 Å². The highest BCUT2D eigenvalue weighted by atomic mass is 35.5. The molecule has 2 aliphatic heterocycles. The van der Waals surface area contributed by atoms with Gasteiger partial charge < -0.3 is 24.8 Å². The van der Waals surface area contributed by atoms with Crippen LogP contribution in [0.15, 0.2) is 48.5 Å². The van der Waals surface area contributed by atoms with E-state index in [1.54, 1.807) is 7.11 Å². The Morgan fingerprint density at radius 1 is 1.17 bits per heavy atom. The molecule has 4 rings (SSSR count). The minimum Gasteiger partial charge on any atom is -0.497 e. The number of ether oxygens (including phenoxy) is 3. The van der Waals surface area contributed by atoms with Crippen LogP contribution in [-0.4, -0.2) is 43.3 Å². The van der Waals surface area contributed by atoms with Crippen molar-refractivity contribution in [2.24, 2.45) is 5.73 Å². The van der Waals surface area contributed by atoms with Gasteiger partial charge in [-0.25, -0.2) is 0 Å². The van der Waals surface area contributed by atoms with Crippen molar-refractivity contribution in [1.29, 1.82) is 0 Å². The van der Waals surface area contributed by atoms with E-state index in [9.17, 15) is 4.79 Å². The van der Waals surface area contributed by atoms with E-state index in [1.165, 1.54) is 0 Å². The number of methoxy groups -OCH3 is 1. The van der Waals surface area contributed by atoms with Gasteiger partial charge in [-0.3, -0.25) is 4.79 Å². The molecule has 162 valence electrons. The number of rotatable bonds is 6. The SMILES string of the molecule is COc1ccc2c(c1)C(N(Cc1ccccc1)C(=O)[C@@H]1CC[C@H](CN)O1)CCO2.Cl. The van der Waals surface area contributed by atoms with Crippen molar-refractivity contribution in [2.75, 3.05) is 20.3 Å². The molecule has 3 atom stereocenters. The minimum absolute atomic E-state index is 0. The molecule has 1 unspecified atom stereocenters. The van der Waals surface area contributed by atoms with Gasteiger partial charge in [-0.15, -0.1) is 12.4 Å². The summed E-state index contributed by atoms with van der Waals surface area (Å²) >= 11 is 0. The summed E-state index contributed by atoms with van der Waals surface area (Å²) in [7, 11) is 1.65. The lowest BCUT2D eigenvalue weighted by molar-refractivity contribution is -0.146. The molecule has 2 aromatic carbocycles. The van der Waals surface area contributed by atoms with E-state index >= 15 is 0 Å². The molecule has 2 aliphatic rings. The maximum Gasteiger partial charge on any atom is 0.252 e. The molecule has 0 aliphatic carbocycles. The lowest BCUT2D eigenvalue weighted by atomic mass is 9.97. The van der Waals surface area contributed by atoms with E-state index in [1.807, 2.05) is 53.4 Å². The Labute approximate surface area is 183 Å². The summed E-state index contributed by atoms with van der Waals surface area (Å²) in [5.41, 5.74) is 7.82. The van der Waals surface area contributed by atoms with Crippen LogP contribution < -0.4 is 15.2 Å². The van der Waals surface area contributed by atoms with Gasteiger partial charge in [0.15, 0.2) is 0 Å². The van der Waals surface area contributed by atoms with Gasteiger partial charge in [-0.05, 0) is 36.6 Å². The molecule has 0 saturated carbocycles. The van der Waals surface area contributed by atoms with Crippen LogP contribution in [0, 0.1) is 0 Å². The summed E-state index contributed by atoms with van der Waals surface area (Å²) in [6.07, 6.45) is 1.78. The van der Waals surface area contributed by atoms with Crippen LogP contribution in [0.4, 0.5) is 0 Å². The van der Waals surface area contributed by atoms with Crippen LogP contribution in [0.3, 0.4) is 0 Å². The number of nitrogens with two attached hydrogens (primary N) is 1. The molecule has 1 saturated heterocycles. The molecule has 7 heteroatoms. The zero-order valence-corrected chi connectivity index (χ0v) is 18.0. The summed E-state index contributed by atoms with van der Waals surface area (Å²) in [6.45, 7) is 1.54. The average molecular weight is 433 g/mol. The molecule has 1 fully saturated rings. The number of hydrogen-bond donors (Lipinski definition) is 1. The molecule has 30 heavy (non-hydrogen) atoms. The van der Waals surface area contributed by atoms with Gasteiger partial charge in [0, 0.05) is 25.1 Å². The number of nitrogens with zero attached hydrogens (tertiary/aromatic N) is 1. The highest BCUT2D eigenvalue weighted by Gasteiger charge is 2.38. The maximum absolute atomic E-state index is 13.6. The summed E-state index contributed by atoms with van der Waals surface area (Å²) < 4.78 is 17.2. The van der Waals surface area contributed by atoms with Crippen molar-refractivity contribution in [3.8, 4) is 11.5 Å². The zero-order chi connectivity index (χ0) is 20.2. The molecule has 2 N–H and O–H groups in total. The van der Waals surface area contributed by atoms with Crippen molar-refractivity contribution >= 4 is 18.3 Å². The largest absolute Gasteiger partial charge is 0.497 e. The van der Waals surface area contributed by atoms with Crippen LogP contribution in [0.5, 0.6) is 11.5 Å². The van der Waals surface area contributed by atoms with Gasteiger partial charge in [0.2, 0.25) is 0 Å². The van der Waals surface area contributed by atoms with Crippen molar-refractivity contribution in [1.82, 2.24) is 4.90 Å². The molecule has 2 aromatic rings. The molecule has 0 aromatic heterocycles. The number of fused-ring (bicyclic) bond motifs is 1. The van der Waals surface area contributed by atoms with Crippen molar-refractivity contribution < 1.29 is 19.0 Å². The highest BCUT2D eigenvalue weighted by Crippen LogP contribution is 2.40. The highest BCUT2D eigenvalue weighted by molar-refractivity contribution is 5.85. The van der Waals surface area contributed by atoms with Crippen LogP contribution in [0.1, 0.15) is 36.4 Å². The fraction of sp³-hybridized carbons (Fsp3) is 0.435. The average Bonchev–Trinajstić information content (AvgIpc) is 3.26. The molecular weight excluding hydrogens is 404 g/mol. The van der Waals surface area contributed by atoms with Crippen LogP contribution in [-0.2, 0) is 16.1 Å². The third kappa shape index (κ3) is 4.72. The quantitative estimate of drug-likeness (QED) is 0.756. The molecule has 6 nitrogen and oxygen atoms in total. The Morgan fingerprint density at radius 3 is 2.67 bits per heavy atom. The lowest BCUT2D eigenvalue weighted by Crippen LogP contribution is -2.43. The first-order valence-corrected chi connectivity index (χ1v) is 10.2. The topological polar surface area (TPSA) is 74.0 Å². The third-order valence-corrected chi connectivity index (χ3v) is 5.73. The number of benzene rings is 2. The number of halogens is 1. The van der Waals surface area contributed by atoms with Crippen LogP contribution >= 0.6 is 12.4 Å². The number of amides is 1. The van der Waals surface area contributed by atoms with Crippen molar-refractivity contribution in [2.45, 2.75) is 44.1 Å². The normalized spacial score (nSPS) is 22.4.